The van der Waals surface area contributed by atoms with Crippen LogP contribution in [0.2, 0.25) is 0 Å². The molecule has 4 N–H and O–H groups in total. The molecule has 8 heterocycles. The van der Waals surface area contributed by atoms with E-state index in [2.05, 4.69) is 96.2 Å². The van der Waals surface area contributed by atoms with Crippen LogP contribution in [0, 0.1) is 40.2 Å². The molecule has 29 heteroatoms. The average molecular weight is 1760 g/mol. The summed E-state index contributed by atoms with van der Waals surface area (Å²) in [6.45, 7) is 30.1. The average Bonchev–Trinajstić information content (AvgIpc) is 1.69. The van der Waals surface area contributed by atoms with Gasteiger partial charge in [0.25, 0.3) is 0 Å². The van der Waals surface area contributed by atoms with E-state index in [0.29, 0.717) is 111 Å². The van der Waals surface area contributed by atoms with E-state index >= 15 is 0 Å². The van der Waals surface area contributed by atoms with Crippen molar-refractivity contribution in [2.75, 3.05) is 138 Å². The number of rotatable bonds is 13. The third kappa shape index (κ3) is 20.7. The van der Waals surface area contributed by atoms with E-state index in [1.165, 1.54) is 24.3 Å². The lowest BCUT2D eigenvalue weighted by atomic mass is 9.93. The maximum Gasteiger partial charge on any atom is 0.310 e. The lowest BCUT2D eigenvalue weighted by Gasteiger charge is -2.39. The van der Waals surface area contributed by atoms with Crippen molar-refractivity contribution in [3.63, 3.8) is 0 Å². The minimum atomic E-state index is -0.813. The molecule has 8 aromatic rings. The molecule has 626 valence electrons. The van der Waals surface area contributed by atoms with Gasteiger partial charge in [-0.05, 0) is 183 Å². The van der Waals surface area contributed by atoms with Crippen molar-refractivity contribution in [1.82, 2.24) is 39.2 Å². The molecule has 0 aromatic heterocycles. The topological polar surface area (TPSA) is 271 Å². The molecule has 0 saturated carbocycles. The first-order valence-electron chi connectivity index (χ1n) is 39.7. The van der Waals surface area contributed by atoms with Crippen LogP contribution in [0.5, 0.6) is 51.7 Å². The van der Waals surface area contributed by atoms with Gasteiger partial charge in [0.05, 0.1) is 51.0 Å². The van der Waals surface area contributed by atoms with Gasteiger partial charge in [-0.25, -0.2) is 28.8 Å². The second kappa shape index (κ2) is 36.4. The zero-order valence-corrected chi connectivity index (χ0v) is 71.7. The number of nitrogens with zero attached hydrogens (tertiary/aromatic N) is 12. The number of hydrogen-bond acceptors (Lipinski definition) is 21. The van der Waals surface area contributed by atoms with E-state index in [4.69, 9.17) is 43.7 Å². The number of piperazine rings is 4. The Bertz CT molecular complexity index is 5100. The van der Waals surface area contributed by atoms with Crippen molar-refractivity contribution in [3.8, 4) is 51.7 Å². The summed E-state index contributed by atoms with van der Waals surface area (Å²) in [4.78, 5) is 82.9. The quantitative estimate of drug-likeness (QED) is 0.0835. The molecule has 4 saturated heterocycles. The fourth-order valence-corrected chi connectivity index (χ4v) is 15.7. The van der Waals surface area contributed by atoms with Gasteiger partial charge in [-0.1, -0.05) is 62.2 Å². The highest BCUT2D eigenvalue weighted by atomic mass is 79.9. The first-order chi connectivity index (χ1) is 56.7. The molecule has 0 amide bonds. The molecule has 8 aromatic carbocycles. The van der Waals surface area contributed by atoms with Crippen LogP contribution in [-0.2, 0) is 19.2 Å². The number of aliphatic imine (C=N–C) groups is 4. The van der Waals surface area contributed by atoms with Crippen LogP contribution >= 0.6 is 31.9 Å². The lowest BCUT2D eigenvalue weighted by Crippen LogP contribution is -2.52. The summed E-state index contributed by atoms with van der Waals surface area (Å²) in [5.74, 6) is 5.43. The van der Waals surface area contributed by atoms with Crippen LogP contribution in [0.4, 0.5) is 31.5 Å². The number of ether oxygens (including phenoxy) is 5. The fourth-order valence-electron chi connectivity index (χ4n) is 15.0. The van der Waals surface area contributed by atoms with Gasteiger partial charge in [-0.2, -0.15) is 0 Å². The summed E-state index contributed by atoms with van der Waals surface area (Å²) in [6, 6.07) is 47.7. The second-order valence-electron chi connectivity index (χ2n) is 33.3. The Labute approximate surface area is 708 Å². The Morgan fingerprint density at radius 1 is 0.353 bits per heavy atom. The molecular formula is C90H100Br2F2N12O13. The molecule has 0 aliphatic carbocycles. The van der Waals surface area contributed by atoms with Gasteiger partial charge in [0.15, 0.2) is 23.0 Å². The summed E-state index contributed by atoms with van der Waals surface area (Å²) >= 11 is 7.05. The van der Waals surface area contributed by atoms with E-state index in [9.17, 15) is 48.4 Å². The Kier molecular flexibility index (Phi) is 26.3. The van der Waals surface area contributed by atoms with Gasteiger partial charge in [-0.15, -0.1) is 0 Å². The third-order valence-corrected chi connectivity index (χ3v) is 23.0. The fraction of sp³-hybridized carbons (Fsp3) is 0.378. The molecule has 4 fully saturated rings. The van der Waals surface area contributed by atoms with Crippen LogP contribution in [0.3, 0.4) is 0 Å². The summed E-state index contributed by atoms with van der Waals surface area (Å²) < 4.78 is 59.5. The summed E-state index contributed by atoms with van der Waals surface area (Å²) in [7, 11) is 1.60. The van der Waals surface area contributed by atoms with Crippen molar-refractivity contribution < 1.29 is 72.1 Å². The largest absolute Gasteiger partial charge is 0.497 e. The molecule has 0 spiro atoms. The zero-order valence-electron chi connectivity index (χ0n) is 68.5. The number of aryl methyl sites for hydroxylation is 1. The number of hydrogen-bond donors (Lipinski definition) is 4. The molecule has 8 aliphatic heterocycles. The Morgan fingerprint density at radius 2 is 0.655 bits per heavy atom. The van der Waals surface area contributed by atoms with E-state index in [0.717, 1.165) is 154 Å². The number of methoxy groups -OCH3 is 1. The normalized spacial score (nSPS) is 16.8. The number of carboxylic acids is 4. The molecule has 0 bridgehead atoms. The van der Waals surface area contributed by atoms with Crippen LogP contribution in [0.15, 0.2) is 187 Å². The molecular weight excluding hydrogens is 1650 g/mol. The van der Waals surface area contributed by atoms with Crippen LogP contribution in [0.1, 0.15) is 83.2 Å². The van der Waals surface area contributed by atoms with Crippen molar-refractivity contribution >= 4 is 102 Å². The van der Waals surface area contributed by atoms with Crippen molar-refractivity contribution in [1.29, 1.82) is 0 Å². The maximum absolute atomic E-state index is 13.9. The van der Waals surface area contributed by atoms with Crippen molar-refractivity contribution in [3.05, 3.63) is 206 Å². The Morgan fingerprint density at radius 3 is 1.04 bits per heavy atom. The minimum absolute atomic E-state index is 0.367. The monoisotopic (exact) mass is 1750 g/mol. The van der Waals surface area contributed by atoms with Gasteiger partial charge in [-0.3, -0.25) is 38.8 Å². The second-order valence-corrected chi connectivity index (χ2v) is 35.1. The van der Waals surface area contributed by atoms with Gasteiger partial charge in [0, 0.05) is 152 Å². The molecule has 0 radical (unpaired) electrons. The SMILES string of the molecule is CC(C)(CN1CCN(C2=Nc3cc(F)ccc3Oc3ccc(Br)cc32)CC1)C(=O)O.CC(C)(CN1CCN(C2=Nc3ccccc3Oc3cc(Br)ccc32)CC1)C(=O)O.COc1ccc2c(c1)C(N1CCN(CC(C)(C)C(=O)O)CC1)=Nc1cc(F)ccc1O2.Cc1ccc2c(c1)Oc1ccccc1N=C2N1CCN(CC(C)(C)C(=O)O)CC1. The van der Waals surface area contributed by atoms with Crippen LogP contribution in [0.25, 0.3) is 0 Å². The highest BCUT2D eigenvalue weighted by Crippen LogP contribution is 2.45. The van der Waals surface area contributed by atoms with Gasteiger partial charge < -0.3 is 63.7 Å². The lowest BCUT2D eigenvalue weighted by molar-refractivity contribution is -0.149. The number of halogens is 4. The third-order valence-electron chi connectivity index (χ3n) is 22.0. The number of aliphatic carboxylic acids is 4. The highest BCUT2D eigenvalue weighted by molar-refractivity contribution is 9.10. The number of benzene rings is 8. The number of amidine groups is 4. The first-order valence-corrected chi connectivity index (χ1v) is 41.3. The number of carboxylic acid groups (broad SMARTS) is 4. The summed E-state index contributed by atoms with van der Waals surface area (Å²) in [6.07, 6.45) is 0. The van der Waals surface area contributed by atoms with E-state index in [-0.39, 0.29) is 11.6 Å². The van der Waals surface area contributed by atoms with Gasteiger partial charge in [0.1, 0.15) is 86.5 Å². The van der Waals surface area contributed by atoms with Crippen molar-refractivity contribution in [2.45, 2.75) is 62.3 Å². The van der Waals surface area contributed by atoms with Gasteiger partial charge >= 0.3 is 23.9 Å². The van der Waals surface area contributed by atoms with Crippen molar-refractivity contribution in [2.24, 2.45) is 41.6 Å². The maximum atomic E-state index is 13.9. The zero-order chi connectivity index (χ0) is 84.8. The summed E-state index contributed by atoms with van der Waals surface area (Å²) in [5, 5.41) is 37.6. The number of para-hydroxylation sites is 4. The van der Waals surface area contributed by atoms with E-state index in [1.807, 2.05) is 103 Å². The predicted molar refractivity (Wildman–Crippen MR) is 461 cm³/mol. The van der Waals surface area contributed by atoms with E-state index in [1.54, 1.807) is 74.6 Å². The highest BCUT2D eigenvalue weighted by Gasteiger charge is 2.39. The molecule has 16 rings (SSSR count). The predicted octanol–water partition coefficient (Wildman–Crippen LogP) is 16.5. The Balaban J connectivity index is 0.000000137. The minimum Gasteiger partial charge on any atom is -0.497 e. The standard InChI is InChI=1S/C23H26FN3O4.C23H27N3O3.C22H23BrFN3O3.C22H24BrN3O3/c1-23(2,22(28)29)14-26-8-10-27(11-9-26)21-17-13-16(30-3)5-7-19(17)31-20-6-4-15(24)12-18(20)25-21;1-16-8-9-17-20(14-16)29-19-7-5-4-6-18(19)24-21(17)26-12-10-25(11-13-26)15-23(2,3)22(27)28;1-22(2,21(28)29)13-26-7-9-27(10-8-26)20-16-11-14(23)3-5-18(16)30-19-6-4-15(24)12-17(19)25-20;1-22(2,21(27)28)14-25-9-11-26(12-10-25)20-16-8-7-15(23)13-19(16)29-18-6-4-3-5-17(18)24-20/h4-7,12-13H,8-11,14H2,1-3H3,(H,28,29);4-9,14H,10-13,15H2,1-3H3,(H,27,28);3-6,11-12H,7-10,13H2,1-2H3,(H,28,29);3-8,13H,9-12,14H2,1-2H3,(H,27,28). The first kappa shape index (κ1) is 86.0. The molecule has 25 nitrogen and oxygen atoms in total. The van der Waals surface area contributed by atoms with Crippen LogP contribution < -0.4 is 23.7 Å². The Hall–Kier alpha value is -10.8. The van der Waals surface area contributed by atoms with E-state index < -0.39 is 45.5 Å². The summed E-state index contributed by atoms with van der Waals surface area (Å²) in [5.41, 5.74) is 4.10. The van der Waals surface area contributed by atoms with Gasteiger partial charge in [0.2, 0.25) is 0 Å². The number of fused-ring (bicyclic) bond motifs is 8. The van der Waals surface area contributed by atoms with Crippen LogP contribution in [-0.4, -0.2) is 245 Å². The number of carbonyl (C=O) groups is 4. The molecule has 8 aliphatic rings. The molecule has 0 atom stereocenters. The smallest absolute Gasteiger partial charge is 0.310 e. The molecule has 119 heavy (non-hydrogen) atoms. The molecule has 0 unspecified atom stereocenters.